The van der Waals surface area contributed by atoms with Crippen molar-refractivity contribution in [3.05, 3.63) is 19.3 Å². The van der Waals surface area contributed by atoms with E-state index in [1.54, 1.807) is 6.61 Å². The van der Waals surface area contributed by atoms with Crippen LogP contribution in [0.3, 0.4) is 0 Å². The molecule has 0 aliphatic rings. The van der Waals surface area contributed by atoms with Crippen molar-refractivity contribution in [2.75, 3.05) is 0 Å². The van der Waals surface area contributed by atoms with E-state index in [9.17, 15) is 4.79 Å². The first-order valence-electron chi connectivity index (χ1n) is 4.46. The molecule has 0 spiro atoms. The van der Waals surface area contributed by atoms with Crippen molar-refractivity contribution in [2.24, 2.45) is 0 Å². The van der Waals surface area contributed by atoms with Crippen molar-refractivity contribution in [2.45, 2.75) is 39.0 Å². The van der Waals surface area contributed by atoms with Crippen LogP contribution in [0.25, 0.3) is 0 Å². The van der Waals surface area contributed by atoms with Crippen LogP contribution in [0.1, 0.15) is 39.0 Å². The molecular formula is C10H17O2. The third-order valence-corrected chi connectivity index (χ3v) is 1.54. The van der Waals surface area contributed by atoms with Crippen LogP contribution in [-0.2, 0) is 9.53 Å². The normalized spacial score (nSPS) is 9.42. The van der Waals surface area contributed by atoms with Gasteiger partial charge >= 0.3 is 5.97 Å². The minimum atomic E-state index is -0.370. The number of carbonyl (C=O) groups is 1. The van der Waals surface area contributed by atoms with Gasteiger partial charge in [0.05, 0.1) is 0 Å². The van der Waals surface area contributed by atoms with E-state index in [2.05, 4.69) is 18.2 Å². The highest BCUT2D eigenvalue weighted by Gasteiger charge is 1.95. The van der Waals surface area contributed by atoms with Gasteiger partial charge in [0.2, 0.25) is 0 Å². The predicted molar refractivity (Wildman–Crippen MR) is 49.3 cm³/mol. The second-order valence-corrected chi connectivity index (χ2v) is 2.66. The molecule has 0 rings (SSSR count). The lowest BCUT2D eigenvalue weighted by molar-refractivity contribution is -0.134. The fraction of sp³-hybridized carbons (Fsp3) is 0.600. The van der Waals surface area contributed by atoms with E-state index in [1.807, 2.05) is 0 Å². The summed E-state index contributed by atoms with van der Waals surface area (Å²) in [5.41, 5.74) is 0. The molecule has 0 atom stereocenters. The molecule has 0 saturated heterocycles. The highest BCUT2D eigenvalue weighted by atomic mass is 16.5. The smallest absolute Gasteiger partial charge is 0.330 e. The molecule has 0 aliphatic carbocycles. The molecule has 2 nitrogen and oxygen atoms in total. The van der Waals surface area contributed by atoms with Crippen LogP contribution in [-0.4, -0.2) is 5.97 Å². The maximum atomic E-state index is 10.5. The molecule has 0 amide bonds. The summed E-state index contributed by atoms with van der Waals surface area (Å²) in [5.74, 6) is -0.370. The van der Waals surface area contributed by atoms with Crippen molar-refractivity contribution in [3.63, 3.8) is 0 Å². The minimum absolute atomic E-state index is 0.370. The quantitative estimate of drug-likeness (QED) is 0.333. The van der Waals surface area contributed by atoms with E-state index in [0.717, 1.165) is 12.8 Å². The molecule has 1 radical (unpaired) electrons. The molecule has 2 heteroatoms. The van der Waals surface area contributed by atoms with Gasteiger partial charge in [-0.2, -0.15) is 0 Å². The number of carbonyl (C=O) groups excluding carboxylic acids is 1. The summed E-state index contributed by atoms with van der Waals surface area (Å²) in [6, 6.07) is 0. The Labute approximate surface area is 74.6 Å². The van der Waals surface area contributed by atoms with Crippen molar-refractivity contribution in [1.29, 1.82) is 0 Å². The molecule has 0 heterocycles. The van der Waals surface area contributed by atoms with Crippen molar-refractivity contribution < 1.29 is 9.53 Å². The van der Waals surface area contributed by atoms with E-state index in [-0.39, 0.29) is 5.97 Å². The Bertz CT molecular complexity index is 130. The second-order valence-electron chi connectivity index (χ2n) is 2.66. The predicted octanol–water partition coefficient (Wildman–Crippen LogP) is 2.85. The van der Waals surface area contributed by atoms with Crippen LogP contribution in [0.5, 0.6) is 0 Å². The van der Waals surface area contributed by atoms with E-state index < -0.39 is 0 Å². The van der Waals surface area contributed by atoms with Gasteiger partial charge < -0.3 is 4.74 Å². The Morgan fingerprint density at radius 1 is 1.42 bits per heavy atom. The van der Waals surface area contributed by atoms with Crippen LogP contribution in [0.2, 0.25) is 0 Å². The first-order chi connectivity index (χ1) is 5.81. The summed E-state index contributed by atoms with van der Waals surface area (Å²) in [4.78, 5) is 10.5. The topological polar surface area (TPSA) is 26.3 Å². The monoisotopic (exact) mass is 169 g/mol. The molecule has 0 aliphatic heterocycles. The first-order valence-corrected chi connectivity index (χ1v) is 4.46. The molecule has 0 saturated carbocycles. The standard InChI is InChI=1S/C10H17O2/c1-3-5-6-7-8-9-12-10(11)4-2/h4,9H,2-3,5-8H2,1H3. The van der Waals surface area contributed by atoms with Gasteiger partial charge in [0.25, 0.3) is 0 Å². The number of esters is 1. The molecule has 0 aromatic heterocycles. The lowest BCUT2D eigenvalue weighted by Gasteiger charge is -1.99. The van der Waals surface area contributed by atoms with E-state index in [1.165, 1.54) is 25.3 Å². The second kappa shape index (κ2) is 8.31. The van der Waals surface area contributed by atoms with Crippen LogP contribution in [0, 0.1) is 6.61 Å². The average molecular weight is 169 g/mol. The highest BCUT2D eigenvalue weighted by molar-refractivity contribution is 5.81. The number of rotatable bonds is 7. The fourth-order valence-corrected chi connectivity index (χ4v) is 0.844. The van der Waals surface area contributed by atoms with Gasteiger partial charge in [-0.05, 0) is 12.8 Å². The first kappa shape index (κ1) is 11.2. The van der Waals surface area contributed by atoms with E-state index in [0.29, 0.717) is 0 Å². The van der Waals surface area contributed by atoms with Gasteiger partial charge in [-0.25, -0.2) is 4.79 Å². The van der Waals surface area contributed by atoms with Gasteiger partial charge in [-0.15, -0.1) is 0 Å². The van der Waals surface area contributed by atoms with Gasteiger partial charge in [0.1, 0.15) is 6.61 Å². The zero-order valence-electron chi connectivity index (χ0n) is 7.71. The molecule has 0 aromatic rings. The van der Waals surface area contributed by atoms with Gasteiger partial charge in [0, 0.05) is 6.08 Å². The van der Waals surface area contributed by atoms with Crippen molar-refractivity contribution in [3.8, 4) is 0 Å². The number of hydrogen-bond donors (Lipinski definition) is 0. The molecule has 69 valence electrons. The highest BCUT2D eigenvalue weighted by Crippen LogP contribution is 2.04. The Morgan fingerprint density at radius 2 is 2.17 bits per heavy atom. The van der Waals surface area contributed by atoms with Crippen molar-refractivity contribution >= 4 is 5.97 Å². The molecule has 0 unspecified atom stereocenters. The van der Waals surface area contributed by atoms with Gasteiger partial charge in [-0.1, -0.05) is 32.8 Å². The summed E-state index contributed by atoms with van der Waals surface area (Å²) >= 11 is 0. The van der Waals surface area contributed by atoms with Crippen LogP contribution in [0.4, 0.5) is 0 Å². The third-order valence-electron chi connectivity index (χ3n) is 1.54. The number of unbranched alkanes of at least 4 members (excludes halogenated alkanes) is 4. The van der Waals surface area contributed by atoms with E-state index >= 15 is 0 Å². The maximum absolute atomic E-state index is 10.5. The molecule has 12 heavy (non-hydrogen) atoms. The zero-order valence-corrected chi connectivity index (χ0v) is 7.71. The van der Waals surface area contributed by atoms with E-state index in [4.69, 9.17) is 0 Å². The lowest BCUT2D eigenvalue weighted by atomic mass is 10.2. The Kier molecular flexibility index (Phi) is 7.76. The number of ether oxygens (including phenoxy) is 1. The Morgan fingerprint density at radius 3 is 2.75 bits per heavy atom. The SMILES string of the molecule is C=CC(=O)O[CH]CCCCCC. The number of hydrogen-bond acceptors (Lipinski definition) is 2. The van der Waals surface area contributed by atoms with Crippen molar-refractivity contribution in [1.82, 2.24) is 0 Å². The van der Waals surface area contributed by atoms with Gasteiger partial charge in [-0.3, -0.25) is 0 Å². The Balaban J connectivity index is 3.00. The molecule has 0 aromatic carbocycles. The van der Waals surface area contributed by atoms with Gasteiger partial charge in [0.15, 0.2) is 0 Å². The zero-order chi connectivity index (χ0) is 9.23. The lowest BCUT2D eigenvalue weighted by Crippen LogP contribution is -1.96. The molecule has 0 bridgehead atoms. The van der Waals surface area contributed by atoms with Crippen LogP contribution in [0.15, 0.2) is 12.7 Å². The summed E-state index contributed by atoms with van der Waals surface area (Å²) in [5, 5.41) is 0. The minimum Gasteiger partial charge on any atom is -0.455 e. The third kappa shape index (κ3) is 7.32. The molecule has 0 fully saturated rings. The summed E-state index contributed by atoms with van der Waals surface area (Å²) < 4.78 is 4.69. The van der Waals surface area contributed by atoms with Crippen LogP contribution < -0.4 is 0 Å². The summed E-state index contributed by atoms with van der Waals surface area (Å²) in [6.07, 6.45) is 6.80. The summed E-state index contributed by atoms with van der Waals surface area (Å²) in [7, 11) is 0. The largest absolute Gasteiger partial charge is 0.455 e. The molecular weight excluding hydrogens is 152 g/mol. The van der Waals surface area contributed by atoms with Crippen LogP contribution >= 0.6 is 0 Å². The average Bonchev–Trinajstić information content (AvgIpc) is 2.10. The maximum Gasteiger partial charge on any atom is 0.330 e. The summed E-state index contributed by atoms with van der Waals surface area (Å²) in [6.45, 7) is 7.02. The Hall–Kier alpha value is -0.790. The molecule has 0 N–H and O–H groups in total. The fourth-order valence-electron chi connectivity index (χ4n) is 0.844.